The van der Waals surface area contributed by atoms with Crippen molar-refractivity contribution in [3.05, 3.63) is 60.2 Å². The molecule has 1 aliphatic rings. The summed E-state index contributed by atoms with van der Waals surface area (Å²) in [5.74, 6) is 2.46. The molecule has 7 nitrogen and oxygen atoms in total. The number of fused-ring (bicyclic) bond motifs is 2. The molecule has 3 aromatic carbocycles. The van der Waals surface area contributed by atoms with Gasteiger partial charge in [0.1, 0.15) is 5.75 Å². The van der Waals surface area contributed by atoms with E-state index in [1.165, 1.54) is 4.31 Å². The first kappa shape index (κ1) is 22.6. The Hall–Kier alpha value is -3.54. The monoisotopic (exact) mass is 463 g/mol. The number of ether oxygens (including phenoxy) is 1. The minimum Gasteiger partial charge on any atom is -0.755 e. The number of hydrogen-bond donors (Lipinski definition) is 1. The van der Waals surface area contributed by atoms with Crippen LogP contribution >= 0.6 is 0 Å². The zero-order chi connectivity index (χ0) is 23.5. The summed E-state index contributed by atoms with van der Waals surface area (Å²) in [4.78, 5) is 13.2. The Balaban J connectivity index is 1.85. The number of carboxylic acid groups (broad SMARTS) is 1. The normalized spacial score (nSPS) is 14.1. The van der Waals surface area contributed by atoms with Crippen LogP contribution in [0.2, 0.25) is 0 Å². The second-order valence-electron chi connectivity index (χ2n) is 7.83. The van der Waals surface area contributed by atoms with E-state index in [9.17, 15) is 18.7 Å². The molecule has 3 aromatic rings. The van der Waals surface area contributed by atoms with Gasteiger partial charge in [-0.1, -0.05) is 30.2 Å². The van der Waals surface area contributed by atoms with E-state index in [0.29, 0.717) is 23.4 Å². The second-order valence-corrected chi connectivity index (χ2v) is 8.63. The highest BCUT2D eigenvalue weighted by atomic mass is 32.2. The SMILES string of the molecule is C#CCN(c1ccc(N(c2ccc3c(c2)CCO3)S(=O)[O-])c2ccccc12)[C@@H](C)CC(=O)O. The summed E-state index contributed by atoms with van der Waals surface area (Å²) in [5, 5.41) is 10.8. The van der Waals surface area contributed by atoms with Gasteiger partial charge >= 0.3 is 5.97 Å². The maximum absolute atomic E-state index is 12.4. The van der Waals surface area contributed by atoms with E-state index < -0.39 is 17.2 Å². The number of carbonyl (C=O) groups is 1. The number of rotatable bonds is 8. The zero-order valence-electron chi connectivity index (χ0n) is 18.1. The van der Waals surface area contributed by atoms with Gasteiger partial charge in [0.15, 0.2) is 0 Å². The van der Waals surface area contributed by atoms with E-state index in [0.717, 1.165) is 28.8 Å². The van der Waals surface area contributed by atoms with Crippen LogP contribution in [0.3, 0.4) is 0 Å². The van der Waals surface area contributed by atoms with E-state index in [1.54, 1.807) is 31.2 Å². The molecule has 1 unspecified atom stereocenters. The molecule has 0 fully saturated rings. The van der Waals surface area contributed by atoms with Crippen LogP contribution in [-0.2, 0) is 22.5 Å². The lowest BCUT2D eigenvalue weighted by atomic mass is 10.0. The van der Waals surface area contributed by atoms with E-state index in [4.69, 9.17) is 11.2 Å². The summed E-state index contributed by atoms with van der Waals surface area (Å²) in [6.45, 7) is 2.61. The molecule has 0 bridgehead atoms. The summed E-state index contributed by atoms with van der Waals surface area (Å²) < 4.78 is 31.6. The predicted octanol–water partition coefficient (Wildman–Crippen LogP) is 4.01. The minimum atomic E-state index is -2.58. The first-order valence-electron chi connectivity index (χ1n) is 10.5. The van der Waals surface area contributed by atoms with Gasteiger partial charge < -0.3 is 19.3 Å². The maximum Gasteiger partial charge on any atom is 0.305 e. The highest BCUT2D eigenvalue weighted by Gasteiger charge is 2.22. The predicted molar refractivity (Wildman–Crippen MR) is 129 cm³/mol. The molecule has 8 heteroatoms. The molecule has 0 aromatic heterocycles. The molecule has 0 saturated heterocycles. The average Bonchev–Trinajstić information content (AvgIpc) is 3.25. The van der Waals surface area contributed by atoms with Crippen molar-refractivity contribution < 1.29 is 23.4 Å². The Labute approximate surface area is 195 Å². The second kappa shape index (κ2) is 9.53. The molecule has 0 spiro atoms. The van der Waals surface area contributed by atoms with Gasteiger partial charge in [-0.3, -0.25) is 13.3 Å². The van der Waals surface area contributed by atoms with E-state index in [-0.39, 0.29) is 19.0 Å². The Morgan fingerprint density at radius 3 is 2.58 bits per heavy atom. The lowest BCUT2D eigenvalue weighted by Crippen LogP contribution is -2.35. The molecule has 0 radical (unpaired) electrons. The van der Waals surface area contributed by atoms with Gasteiger partial charge in [0, 0.05) is 28.9 Å². The Kier molecular flexibility index (Phi) is 6.54. The summed E-state index contributed by atoms with van der Waals surface area (Å²) in [7, 11) is 0. The number of carboxylic acids is 1. The third-order valence-corrected chi connectivity index (χ3v) is 6.43. The number of benzene rings is 3. The smallest absolute Gasteiger partial charge is 0.305 e. The summed E-state index contributed by atoms with van der Waals surface area (Å²) >= 11 is -2.58. The highest BCUT2D eigenvalue weighted by Crippen LogP contribution is 2.40. The van der Waals surface area contributed by atoms with Gasteiger partial charge in [-0.15, -0.1) is 6.42 Å². The van der Waals surface area contributed by atoms with Crippen LogP contribution in [0, 0.1) is 12.3 Å². The van der Waals surface area contributed by atoms with Gasteiger partial charge in [0.25, 0.3) is 0 Å². The van der Waals surface area contributed by atoms with Gasteiger partial charge in [-0.2, -0.15) is 0 Å². The van der Waals surface area contributed by atoms with Crippen LogP contribution in [0.4, 0.5) is 17.1 Å². The van der Waals surface area contributed by atoms with E-state index in [1.807, 2.05) is 35.2 Å². The molecular formula is C25H23N2O5S-. The molecule has 0 saturated carbocycles. The molecule has 33 heavy (non-hydrogen) atoms. The third kappa shape index (κ3) is 4.51. The third-order valence-electron chi connectivity index (χ3n) is 5.73. The first-order valence-corrected chi connectivity index (χ1v) is 11.5. The fourth-order valence-corrected chi connectivity index (χ4v) is 4.84. The Morgan fingerprint density at radius 2 is 1.91 bits per heavy atom. The number of aliphatic carboxylic acids is 1. The van der Waals surface area contributed by atoms with Gasteiger partial charge in [0.2, 0.25) is 0 Å². The molecule has 1 N–H and O–H groups in total. The molecule has 1 heterocycles. The van der Waals surface area contributed by atoms with Crippen molar-refractivity contribution in [2.75, 3.05) is 22.4 Å². The molecule has 2 atom stereocenters. The molecule has 0 aliphatic carbocycles. The van der Waals surface area contributed by atoms with E-state index in [2.05, 4.69) is 5.92 Å². The van der Waals surface area contributed by atoms with Crippen LogP contribution in [-0.4, -0.2) is 39.0 Å². The zero-order valence-corrected chi connectivity index (χ0v) is 18.9. The largest absolute Gasteiger partial charge is 0.755 e. The number of hydrogen-bond acceptors (Lipinski definition) is 5. The van der Waals surface area contributed by atoms with Gasteiger partial charge in [-0.05, 0) is 42.8 Å². The van der Waals surface area contributed by atoms with Crippen LogP contribution < -0.4 is 13.9 Å². The van der Waals surface area contributed by atoms with Crippen LogP contribution in [0.15, 0.2) is 54.6 Å². The maximum atomic E-state index is 12.4. The summed E-state index contributed by atoms with van der Waals surface area (Å²) in [6, 6.07) is 15.9. The molecule has 1 aliphatic heterocycles. The Morgan fingerprint density at radius 1 is 1.21 bits per heavy atom. The standard InChI is InChI=1S/C25H24N2O5S/c1-3-13-26(17(2)15-25(28)29)22-9-10-23(21-7-5-4-6-20(21)22)27(33(30)31)19-8-11-24-18(16-19)12-14-32-24/h1,4-11,16-17H,12-15H2,2H3,(H,28,29)(H,30,31)/p-1/t17-/m0/s1. The number of terminal acetylenes is 1. The lowest BCUT2D eigenvalue weighted by molar-refractivity contribution is -0.137. The van der Waals surface area contributed by atoms with Gasteiger partial charge in [-0.25, -0.2) is 0 Å². The Bertz CT molecular complexity index is 1270. The lowest BCUT2D eigenvalue weighted by Gasteiger charge is -2.32. The molecule has 4 rings (SSSR count). The van der Waals surface area contributed by atoms with Crippen molar-refractivity contribution >= 4 is 45.1 Å². The van der Waals surface area contributed by atoms with Gasteiger partial charge in [0.05, 0.1) is 42.2 Å². The summed E-state index contributed by atoms with van der Waals surface area (Å²) in [6.07, 6.45) is 6.23. The highest BCUT2D eigenvalue weighted by molar-refractivity contribution is 7.81. The van der Waals surface area contributed by atoms with Crippen molar-refractivity contribution in [2.24, 2.45) is 0 Å². The van der Waals surface area contributed by atoms with Crippen molar-refractivity contribution in [3.8, 4) is 18.1 Å². The van der Waals surface area contributed by atoms with Crippen LogP contribution in [0.1, 0.15) is 18.9 Å². The van der Waals surface area contributed by atoms with Crippen LogP contribution in [0.25, 0.3) is 10.8 Å². The minimum absolute atomic E-state index is 0.0777. The molecule has 0 amide bonds. The van der Waals surface area contributed by atoms with Crippen LogP contribution in [0.5, 0.6) is 5.75 Å². The summed E-state index contributed by atoms with van der Waals surface area (Å²) in [5.41, 5.74) is 2.73. The fourth-order valence-electron chi connectivity index (χ4n) is 4.24. The topological polar surface area (TPSA) is 93.1 Å². The number of anilines is 3. The quantitative estimate of drug-likeness (QED) is 0.401. The van der Waals surface area contributed by atoms with Crippen molar-refractivity contribution in [3.63, 3.8) is 0 Å². The van der Waals surface area contributed by atoms with E-state index >= 15 is 0 Å². The van der Waals surface area contributed by atoms with Crippen molar-refractivity contribution in [1.82, 2.24) is 0 Å². The first-order chi connectivity index (χ1) is 15.9. The van der Waals surface area contributed by atoms with Crippen molar-refractivity contribution in [1.29, 1.82) is 0 Å². The fraction of sp³-hybridized carbons (Fsp3) is 0.240. The van der Waals surface area contributed by atoms with Crippen molar-refractivity contribution in [2.45, 2.75) is 25.8 Å². The number of nitrogens with zero attached hydrogens (tertiary/aromatic N) is 2. The molecule has 170 valence electrons. The average molecular weight is 464 g/mol. The molecular weight excluding hydrogens is 440 g/mol.